The van der Waals surface area contributed by atoms with Crippen molar-refractivity contribution < 1.29 is 4.79 Å². The van der Waals surface area contributed by atoms with Crippen LogP contribution in [0.25, 0.3) is 0 Å². The quantitative estimate of drug-likeness (QED) is 0.690. The summed E-state index contributed by atoms with van der Waals surface area (Å²) in [6.07, 6.45) is 1.69. The summed E-state index contributed by atoms with van der Waals surface area (Å²) in [7, 11) is 0. The van der Waals surface area contributed by atoms with Crippen LogP contribution in [0, 0.1) is 5.92 Å². The monoisotopic (exact) mass is 184 g/mol. The van der Waals surface area contributed by atoms with E-state index in [0.717, 1.165) is 38.5 Å². The molecule has 0 saturated carbocycles. The highest BCUT2D eigenvalue weighted by Crippen LogP contribution is 2.02. The van der Waals surface area contributed by atoms with Crippen molar-refractivity contribution in [3.63, 3.8) is 0 Å². The third kappa shape index (κ3) is 4.27. The van der Waals surface area contributed by atoms with E-state index >= 15 is 0 Å². The van der Waals surface area contributed by atoms with Crippen LogP contribution in [0.1, 0.15) is 26.7 Å². The van der Waals surface area contributed by atoms with Crippen molar-refractivity contribution in [1.29, 1.82) is 0 Å². The zero-order valence-electron chi connectivity index (χ0n) is 8.68. The minimum atomic E-state index is 0.212. The SMILES string of the molecule is CC(C)CN1CCCC(=O)NCC1. The van der Waals surface area contributed by atoms with Crippen LogP contribution in [0.15, 0.2) is 0 Å². The van der Waals surface area contributed by atoms with Gasteiger partial charge in [-0.2, -0.15) is 0 Å². The molecule has 0 spiro atoms. The lowest BCUT2D eigenvalue weighted by atomic mass is 10.2. The number of nitrogens with one attached hydrogen (secondary N) is 1. The van der Waals surface area contributed by atoms with Gasteiger partial charge in [-0.3, -0.25) is 4.79 Å². The normalized spacial score (nSPS) is 21.0. The van der Waals surface area contributed by atoms with Gasteiger partial charge in [0.05, 0.1) is 0 Å². The van der Waals surface area contributed by atoms with E-state index in [0.29, 0.717) is 6.42 Å². The molecule has 0 unspecified atom stereocenters. The van der Waals surface area contributed by atoms with Crippen LogP contribution in [-0.4, -0.2) is 37.0 Å². The van der Waals surface area contributed by atoms with Crippen LogP contribution in [-0.2, 0) is 4.79 Å². The van der Waals surface area contributed by atoms with Crippen LogP contribution < -0.4 is 5.32 Å². The summed E-state index contributed by atoms with van der Waals surface area (Å²) in [6, 6.07) is 0. The van der Waals surface area contributed by atoms with E-state index < -0.39 is 0 Å². The third-order valence-electron chi connectivity index (χ3n) is 2.25. The van der Waals surface area contributed by atoms with Gasteiger partial charge < -0.3 is 10.2 Å². The third-order valence-corrected chi connectivity index (χ3v) is 2.25. The zero-order valence-corrected chi connectivity index (χ0v) is 8.68. The summed E-state index contributed by atoms with van der Waals surface area (Å²) in [5.74, 6) is 0.930. The molecule has 1 heterocycles. The summed E-state index contributed by atoms with van der Waals surface area (Å²) >= 11 is 0. The minimum Gasteiger partial charge on any atom is -0.355 e. The van der Waals surface area contributed by atoms with Crippen LogP contribution in [0.5, 0.6) is 0 Å². The summed E-state index contributed by atoms with van der Waals surface area (Å²) in [4.78, 5) is 13.5. The molecule has 1 rings (SSSR count). The molecule has 1 saturated heterocycles. The molecule has 3 nitrogen and oxygen atoms in total. The molecule has 0 aromatic rings. The van der Waals surface area contributed by atoms with E-state index in [4.69, 9.17) is 0 Å². The van der Waals surface area contributed by atoms with Crippen molar-refractivity contribution >= 4 is 5.91 Å². The van der Waals surface area contributed by atoms with E-state index in [9.17, 15) is 4.79 Å². The molecule has 76 valence electrons. The molecular weight excluding hydrogens is 164 g/mol. The van der Waals surface area contributed by atoms with Gasteiger partial charge in [-0.1, -0.05) is 13.8 Å². The number of hydrogen-bond acceptors (Lipinski definition) is 2. The van der Waals surface area contributed by atoms with Crippen molar-refractivity contribution in [2.75, 3.05) is 26.2 Å². The van der Waals surface area contributed by atoms with Gasteiger partial charge in [0.15, 0.2) is 0 Å². The molecule has 1 aliphatic rings. The molecule has 0 aromatic heterocycles. The molecule has 1 amide bonds. The number of carbonyl (C=O) groups excluding carboxylic acids is 1. The van der Waals surface area contributed by atoms with Gasteiger partial charge in [0.2, 0.25) is 5.91 Å². The van der Waals surface area contributed by atoms with Gasteiger partial charge >= 0.3 is 0 Å². The van der Waals surface area contributed by atoms with Gasteiger partial charge in [-0.05, 0) is 18.9 Å². The second-order valence-corrected chi connectivity index (χ2v) is 4.15. The molecule has 1 fully saturated rings. The van der Waals surface area contributed by atoms with Gasteiger partial charge in [0.25, 0.3) is 0 Å². The predicted octanol–water partition coefficient (Wildman–Crippen LogP) is 0.854. The molecular formula is C10H20N2O. The minimum absolute atomic E-state index is 0.212. The Kier molecular flexibility index (Phi) is 4.22. The summed E-state index contributed by atoms with van der Waals surface area (Å²) < 4.78 is 0. The lowest BCUT2D eigenvalue weighted by molar-refractivity contribution is -0.121. The predicted molar refractivity (Wildman–Crippen MR) is 53.5 cm³/mol. The summed E-state index contributed by atoms with van der Waals surface area (Å²) in [5, 5.41) is 2.91. The standard InChI is InChI=1S/C10H20N2O/c1-9(2)8-12-6-3-4-10(13)11-5-7-12/h9H,3-8H2,1-2H3,(H,11,13). The molecule has 1 N–H and O–H groups in total. The Morgan fingerprint density at radius 1 is 1.46 bits per heavy atom. The Morgan fingerprint density at radius 2 is 2.23 bits per heavy atom. The maximum atomic E-state index is 11.0. The Hall–Kier alpha value is -0.570. The number of nitrogens with zero attached hydrogens (tertiary/aromatic N) is 1. The first-order valence-corrected chi connectivity index (χ1v) is 5.17. The van der Waals surface area contributed by atoms with Crippen molar-refractivity contribution in [3.8, 4) is 0 Å². The first kappa shape index (κ1) is 10.5. The molecule has 0 radical (unpaired) electrons. The maximum absolute atomic E-state index is 11.0. The van der Waals surface area contributed by atoms with Crippen molar-refractivity contribution in [1.82, 2.24) is 10.2 Å². The lowest BCUT2D eigenvalue weighted by Crippen LogP contribution is -2.40. The number of carbonyl (C=O) groups is 1. The Balaban J connectivity index is 2.28. The average molecular weight is 184 g/mol. The van der Waals surface area contributed by atoms with Gasteiger partial charge in [-0.25, -0.2) is 0 Å². The number of hydrogen-bond donors (Lipinski definition) is 1. The molecule has 0 bridgehead atoms. The van der Waals surface area contributed by atoms with Crippen molar-refractivity contribution in [3.05, 3.63) is 0 Å². The number of amides is 1. The highest BCUT2D eigenvalue weighted by molar-refractivity contribution is 5.75. The van der Waals surface area contributed by atoms with Crippen molar-refractivity contribution in [2.45, 2.75) is 26.7 Å². The van der Waals surface area contributed by atoms with Gasteiger partial charge in [-0.15, -0.1) is 0 Å². The summed E-state index contributed by atoms with van der Waals surface area (Å²) in [5.41, 5.74) is 0. The molecule has 13 heavy (non-hydrogen) atoms. The molecule has 0 aliphatic carbocycles. The largest absolute Gasteiger partial charge is 0.355 e. The molecule has 0 aromatic carbocycles. The lowest BCUT2D eigenvalue weighted by Gasteiger charge is -2.26. The van der Waals surface area contributed by atoms with E-state index in [1.165, 1.54) is 0 Å². The van der Waals surface area contributed by atoms with Crippen LogP contribution in [0.3, 0.4) is 0 Å². The van der Waals surface area contributed by atoms with Crippen LogP contribution in [0.4, 0.5) is 0 Å². The van der Waals surface area contributed by atoms with Crippen LogP contribution in [0.2, 0.25) is 0 Å². The van der Waals surface area contributed by atoms with E-state index in [1.807, 2.05) is 0 Å². The summed E-state index contributed by atoms with van der Waals surface area (Å²) in [6.45, 7) is 8.51. The highest BCUT2D eigenvalue weighted by atomic mass is 16.1. The first-order chi connectivity index (χ1) is 6.18. The van der Waals surface area contributed by atoms with E-state index in [2.05, 4.69) is 24.1 Å². The molecule has 0 atom stereocenters. The van der Waals surface area contributed by atoms with Gasteiger partial charge in [0, 0.05) is 26.1 Å². The Bertz CT molecular complexity index is 156. The average Bonchev–Trinajstić information content (AvgIpc) is 1.99. The van der Waals surface area contributed by atoms with Gasteiger partial charge in [0.1, 0.15) is 0 Å². The van der Waals surface area contributed by atoms with E-state index in [-0.39, 0.29) is 5.91 Å². The molecule has 3 heteroatoms. The Morgan fingerprint density at radius 3 is 2.92 bits per heavy atom. The fourth-order valence-corrected chi connectivity index (χ4v) is 1.72. The van der Waals surface area contributed by atoms with E-state index in [1.54, 1.807) is 0 Å². The highest BCUT2D eigenvalue weighted by Gasteiger charge is 2.11. The Labute approximate surface area is 80.5 Å². The van der Waals surface area contributed by atoms with Crippen LogP contribution >= 0.6 is 0 Å². The topological polar surface area (TPSA) is 32.3 Å². The smallest absolute Gasteiger partial charge is 0.220 e. The second kappa shape index (κ2) is 5.22. The fourth-order valence-electron chi connectivity index (χ4n) is 1.72. The maximum Gasteiger partial charge on any atom is 0.220 e. The number of rotatable bonds is 2. The molecule has 1 aliphatic heterocycles. The fraction of sp³-hybridized carbons (Fsp3) is 0.900. The second-order valence-electron chi connectivity index (χ2n) is 4.15. The van der Waals surface area contributed by atoms with Crippen molar-refractivity contribution in [2.24, 2.45) is 5.92 Å². The first-order valence-electron chi connectivity index (χ1n) is 5.17. The zero-order chi connectivity index (χ0) is 9.68.